The van der Waals surface area contributed by atoms with Crippen LogP contribution in [0.3, 0.4) is 0 Å². The van der Waals surface area contributed by atoms with E-state index >= 15 is 0 Å². The standard InChI is InChI=1S/C20H31N3O4S/c1-10(2)28-18-17(27-23-20(18)26-4-3-21)19(25)22-16-13-6-11-5-12(8-13)15(16)9-14(24)7-11/h10-16,24H,3-9,21H2,1-2H3,(H,22,25)/t11?,12?,13?,14-,15?,16+/m0/s1. The molecular weight excluding hydrogens is 378 g/mol. The number of aliphatic hydroxyl groups is 1. The van der Waals surface area contributed by atoms with Crippen molar-refractivity contribution in [1.29, 1.82) is 0 Å². The van der Waals surface area contributed by atoms with Crippen molar-refractivity contribution in [2.45, 2.75) is 68.2 Å². The van der Waals surface area contributed by atoms with E-state index in [1.54, 1.807) is 0 Å². The summed E-state index contributed by atoms with van der Waals surface area (Å²) in [5.74, 6) is 2.41. The Kier molecular flexibility index (Phi) is 5.90. The van der Waals surface area contributed by atoms with Crippen LogP contribution < -0.4 is 15.8 Å². The number of ether oxygens (including phenoxy) is 1. The first-order valence-corrected chi connectivity index (χ1v) is 11.3. The highest BCUT2D eigenvalue weighted by atomic mass is 32.2. The van der Waals surface area contributed by atoms with Crippen molar-refractivity contribution in [3.8, 4) is 5.88 Å². The maximum Gasteiger partial charge on any atom is 0.291 e. The molecule has 0 saturated heterocycles. The molecule has 0 radical (unpaired) electrons. The number of rotatable bonds is 7. The molecule has 3 fully saturated rings. The number of thioether (sulfide) groups is 1. The smallest absolute Gasteiger partial charge is 0.291 e. The van der Waals surface area contributed by atoms with Crippen LogP contribution in [0.15, 0.2) is 9.42 Å². The zero-order valence-corrected chi connectivity index (χ0v) is 17.4. The number of aliphatic hydroxyl groups excluding tert-OH is 1. The van der Waals surface area contributed by atoms with Gasteiger partial charge in [-0.1, -0.05) is 13.8 Å². The monoisotopic (exact) mass is 409 g/mol. The molecule has 3 aliphatic carbocycles. The average Bonchev–Trinajstić information content (AvgIpc) is 3.09. The fourth-order valence-corrected chi connectivity index (χ4v) is 6.49. The lowest BCUT2D eigenvalue weighted by Gasteiger charge is -2.31. The van der Waals surface area contributed by atoms with Gasteiger partial charge in [-0.15, -0.1) is 11.8 Å². The predicted octanol–water partition coefficient (Wildman–Crippen LogP) is 2.43. The van der Waals surface area contributed by atoms with Crippen LogP contribution in [0.25, 0.3) is 0 Å². The summed E-state index contributed by atoms with van der Waals surface area (Å²) in [5.41, 5.74) is 5.52. The van der Waals surface area contributed by atoms with Crippen LogP contribution >= 0.6 is 11.8 Å². The second-order valence-corrected chi connectivity index (χ2v) is 10.4. The lowest BCUT2D eigenvalue weighted by atomic mass is 9.79. The molecule has 6 atom stereocenters. The van der Waals surface area contributed by atoms with Gasteiger partial charge in [0.2, 0.25) is 5.76 Å². The summed E-state index contributed by atoms with van der Waals surface area (Å²) >= 11 is 1.51. The lowest BCUT2D eigenvalue weighted by molar-refractivity contribution is 0.0787. The van der Waals surface area contributed by atoms with E-state index in [0.29, 0.717) is 47.6 Å². The summed E-state index contributed by atoms with van der Waals surface area (Å²) < 4.78 is 11.0. The fraction of sp³-hybridized carbons (Fsp3) is 0.800. The Labute approximate surface area is 170 Å². The molecule has 1 amide bonds. The molecule has 1 aromatic heterocycles. The molecule has 4 N–H and O–H groups in total. The molecule has 156 valence electrons. The van der Waals surface area contributed by atoms with Crippen LogP contribution in [0, 0.1) is 23.7 Å². The topological polar surface area (TPSA) is 111 Å². The number of nitrogens with one attached hydrogen (secondary N) is 1. The molecule has 1 aromatic rings. The Hall–Kier alpha value is -1.25. The van der Waals surface area contributed by atoms with Crippen molar-refractivity contribution in [3.05, 3.63) is 5.76 Å². The molecule has 1 heterocycles. The predicted molar refractivity (Wildman–Crippen MR) is 106 cm³/mol. The molecular formula is C20H31N3O4S. The maximum atomic E-state index is 13.1. The second-order valence-electron chi connectivity index (χ2n) is 8.83. The van der Waals surface area contributed by atoms with Crippen molar-refractivity contribution in [2.75, 3.05) is 13.2 Å². The third-order valence-corrected chi connectivity index (χ3v) is 7.50. The highest BCUT2D eigenvalue weighted by molar-refractivity contribution is 8.00. The highest BCUT2D eigenvalue weighted by Crippen LogP contribution is 2.53. The first-order valence-electron chi connectivity index (χ1n) is 10.4. The van der Waals surface area contributed by atoms with Crippen molar-refractivity contribution in [2.24, 2.45) is 29.4 Å². The Morgan fingerprint density at radius 2 is 2.11 bits per heavy atom. The quantitative estimate of drug-likeness (QED) is 0.593. The summed E-state index contributed by atoms with van der Waals surface area (Å²) in [7, 11) is 0. The van der Waals surface area contributed by atoms with Gasteiger partial charge in [-0.05, 0) is 60.9 Å². The van der Waals surface area contributed by atoms with Gasteiger partial charge in [0, 0.05) is 17.8 Å². The molecule has 3 aliphatic rings. The van der Waals surface area contributed by atoms with Crippen molar-refractivity contribution < 1.29 is 19.2 Å². The summed E-state index contributed by atoms with van der Waals surface area (Å²) in [6.07, 6.45) is 4.92. The average molecular weight is 410 g/mol. The van der Waals surface area contributed by atoms with Gasteiger partial charge in [0.1, 0.15) is 11.5 Å². The summed E-state index contributed by atoms with van der Waals surface area (Å²) in [4.78, 5) is 13.8. The third kappa shape index (κ3) is 3.91. The van der Waals surface area contributed by atoms with Gasteiger partial charge in [-0.25, -0.2) is 0 Å². The number of carbonyl (C=O) groups is 1. The van der Waals surface area contributed by atoms with E-state index in [0.717, 1.165) is 25.7 Å². The first-order chi connectivity index (χ1) is 13.5. The Morgan fingerprint density at radius 3 is 2.86 bits per heavy atom. The van der Waals surface area contributed by atoms with Crippen molar-refractivity contribution >= 4 is 17.7 Å². The van der Waals surface area contributed by atoms with Crippen LogP contribution in [0.5, 0.6) is 5.88 Å². The Bertz CT molecular complexity index is 710. The molecule has 0 aliphatic heterocycles. The zero-order chi connectivity index (χ0) is 19.8. The molecule has 0 aromatic carbocycles. The van der Waals surface area contributed by atoms with Gasteiger partial charge in [-0.2, -0.15) is 0 Å². The van der Waals surface area contributed by atoms with Gasteiger partial charge in [0.15, 0.2) is 0 Å². The van der Waals surface area contributed by atoms with Gasteiger partial charge in [-0.3, -0.25) is 4.79 Å². The van der Waals surface area contributed by atoms with E-state index in [2.05, 4.69) is 24.3 Å². The molecule has 7 nitrogen and oxygen atoms in total. The number of hydrogen-bond acceptors (Lipinski definition) is 7. The molecule has 3 bridgehead atoms. The number of amides is 1. The Morgan fingerprint density at radius 1 is 1.32 bits per heavy atom. The molecule has 28 heavy (non-hydrogen) atoms. The van der Waals surface area contributed by atoms with E-state index in [1.807, 2.05) is 0 Å². The maximum absolute atomic E-state index is 13.1. The van der Waals surface area contributed by atoms with E-state index in [9.17, 15) is 9.90 Å². The Balaban J connectivity index is 1.53. The first kappa shape index (κ1) is 20.0. The summed E-state index contributed by atoms with van der Waals surface area (Å²) in [6.45, 7) is 4.80. The number of aromatic nitrogens is 1. The lowest BCUT2D eigenvalue weighted by Crippen LogP contribution is -2.43. The second kappa shape index (κ2) is 8.24. The number of nitrogens with zero attached hydrogens (tertiary/aromatic N) is 1. The van der Waals surface area contributed by atoms with E-state index < -0.39 is 0 Å². The van der Waals surface area contributed by atoms with Gasteiger partial charge in [0.25, 0.3) is 11.8 Å². The normalized spacial score (nSPS) is 33.9. The molecule has 0 spiro atoms. The minimum atomic E-state index is -0.243. The van der Waals surface area contributed by atoms with Gasteiger partial charge < -0.3 is 25.4 Å². The number of nitrogens with two attached hydrogens (primary N) is 1. The van der Waals surface area contributed by atoms with E-state index in [1.165, 1.54) is 18.2 Å². The summed E-state index contributed by atoms with van der Waals surface area (Å²) in [5, 5.41) is 17.8. The van der Waals surface area contributed by atoms with Crippen molar-refractivity contribution in [1.82, 2.24) is 10.5 Å². The van der Waals surface area contributed by atoms with Gasteiger partial charge >= 0.3 is 0 Å². The van der Waals surface area contributed by atoms with Crippen molar-refractivity contribution in [3.63, 3.8) is 0 Å². The molecule has 4 unspecified atom stereocenters. The molecule has 8 heteroatoms. The SMILES string of the molecule is CC(C)Sc1c(OCCN)noc1C(=O)N[C@@H]1C2CC3CC(C2)C1C[C@@H](O)C3. The fourth-order valence-electron chi connectivity index (χ4n) is 5.59. The van der Waals surface area contributed by atoms with E-state index in [4.69, 9.17) is 15.0 Å². The minimum Gasteiger partial charge on any atom is -0.473 e. The molecule has 3 saturated carbocycles. The number of hydrogen-bond donors (Lipinski definition) is 3. The molecule has 4 rings (SSSR count). The number of fused-ring (bicyclic) bond motifs is 2. The van der Waals surface area contributed by atoms with Crippen LogP contribution in [0.1, 0.15) is 56.5 Å². The minimum absolute atomic E-state index is 0.105. The van der Waals surface area contributed by atoms with Crippen LogP contribution in [0.4, 0.5) is 0 Å². The highest BCUT2D eigenvalue weighted by Gasteiger charge is 2.51. The summed E-state index contributed by atoms with van der Waals surface area (Å²) in [6, 6.07) is 0.105. The largest absolute Gasteiger partial charge is 0.473 e. The van der Waals surface area contributed by atoms with E-state index in [-0.39, 0.29) is 29.1 Å². The number of carbonyl (C=O) groups excluding carboxylic acids is 1. The van der Waals surface area contributed by atoms with Gasteiger partial charge in [0.05, 0.1) is 6.10 Å². The van der Waals surface area contributed by atoms with Crippen LogP contribution in [-0.2, 0) is 0 Å². The van der Waals surface area contributed by atoms with Crippen LogP contribution in [-0.4, -0.2) is 46.7 Å². The zero-order valence-electron chi connectivity index (χ0n) is 16.6. The van der Waals surface area contributed by atoms with Crippen LogP contribution in [0.2, 0.25) is 0 Å². The third-order valence-electron chi connectivity index (χ3n) is 6.44.